The second-order valence-electron chi connectivity index (χ2n) is 7.63. The average molecular weight is 410 g/mol. The Kier molecular flexibility index (Phi) is 8.96. The van der Waals surface area contributed by atoms with E-state index >= 15 is 0 Å². The molecule has 0 bridgehead atoms. The highest BCUT2D eigenvalue weighted by Crippen LogP contribution is 2.26. The van der Waals surface area contributed by atoms with Crippen LogP contribution in [0.15, 0.2) is 34.9 Å². The lowest BCUT2D eigenvalue weighted by atomic mass is 9.86. The van der Waals surface area contributed by atoms with Crippen molar-refractivity contribution in [2.24, 2.45) is 0 Å². The maximum Gasteiger partial charge on any atom is 0.337 e. The molecule has 2 rings (SSSR count). The van der Waals surface area contributed by atoms with Crippen molar-refractivity contribution in [2.75, 3.05) is 28.3 Å². The molecule has 0 fully saturated rings. The van der Waals surface area contributed by atoms with Crippen LogP contribution in [0, 0.1) is 23.7 Å². The summed E-state index contributed by atoms with van der Waals surface area (Å²) in [5, 5.41) is 0. The van der Waals surface area contributed by atoms with Crippen LogP contribution in [0.5, 0.6) is 0 Å². The van der Waals surface area contributed by atoms with Gasteiger partial charge in [-0.2, -0.15) is 0 Å². The van der Waals surface area contributed by atoms with Crippen LogP contribution < -0.4 is 0 Å². The van der Waals surface area contributed by atoms with E-state index in [0.717, 1.165) is 68.6 Å². The van der Waals surface area contributed by atoms with Crippen molar-refractivity contribution in [3.05, 3.63) is 34.9 Å². The van der Waals surface area contributed by atoms with Gasteiger partial charge in [0.25, 0.3) is 0 Å². The number of hydrogen-bond acceptors (Lipinski definition) is 5. The molecule has 0 aliphatic heterocycles. The van der Waals surface area contributed by atoms with Crippen LogP contribution in [0.4, 0.5) is 0 Å². The molecule has 2 aliphatic carbocycles. The number of methoxy groups -OCH3 is 2. The molecule has 0 aromatic heterocycles. The molecule has 0 amide bonds. The van der Waals surface area contributed by atoms with Gasteiger partial charge in [0, 0.05) is 6.08 Å². The van der Waals surface area contributed by atoms with Crippen molar-refractivity contribution in [3.63, 3.8) is 0 Å². The minimum Gasteiger partial charge on any atom is -0.466 e. The Morgan fingerprint density at radius 1 is 0.933 bits per heavy atom. The third-order valence-electron chi connectivity index (χ3n) is 5.32. The number of nitrogens with zero attached hydrogens (tertiary/aromatic N) is 1. The topological polar surface area (TPSA) is 55.8 Å². The lowest BCUT2D eigenvalue weighted by Gasteiger charge is -2.31. The standard InChI is InChI=1S/C25H31NO4/c1-26(2)25(17-15-20-11-7-5-8-12-20,18-16-21-13-9-6-10-14-21)22(24(28)30-4)19-23(27)29-3/h11,13,19H,5-10,12,14H2,1-4H3/b22-19+. The van der Waals surface area contributed by atoms with Crippen molar-refractivity contribution in [3.8, 4) is 23.7 Å². The quantitative estimate of drug-likeness (QED) is 0.404. The first-order valence-electron chi connectivity index (χ1n) is 10.4. The summed E-state index contributed by atoms with van der Waals surface area (Å²) in [6, 6.07) is 0. The molecule has 30 heavy (non-hydrogen) atoms. The van der Waals surface area contributed by atoms with Gasteiger partial charge in [-0.15, -0.1) is 0 Å². The number of allylic oxidation sites excluding steroid dienone is 4. The molecule has 0 saturated carbocycles. The van der Waals surface area contributed by atoms with E-state index in [-0.39, 0.29) is 5.57 Å². The lowest BCUT2D eigenvalue weighted by Crippen LogP contribution is -2.46. The molecule has 0 N–H and O–H groups in total. The second-order valence-corrected chi connectivity index (χ2v) is 7.63. The molecule has 0 aromatic rings. The van der Waals surface area contributed by atoms with Crippen molar-refractivity contribution in [1.29, 1.82) is 0 Å². The molecular weight excluding hydrogens is 378 g/mol. The third-order valence-corrected chi connectivity index (χ3v) is 5.32. The number of hydrogen-bond donors (Lipinski definition) is 0. The smallest absolute Gasteiger partial charge is 0.337 e. The summed E-state index contributed by atoms with van der Waals surface area (Å²) < 4.78 is 9.77. The minimum atomic E-state index is -1.31. The SMILES string of the molecule is COC(=O)/C=C(\C(=O)OC)C(C#CC1=CCCCC1)(C#CC1=CCCCC1)N(C)C. The minimum absolute atomic E-state index is 0.0506. The van der Waals surface area contributed by atoms with Crippen LogP contribution in [-0.2, 0) is 19.1 Å². The normalized spacial score (nSPS) is 16.9. The van der Waals surface area contributed by atoms with Crippen LogP contribution in [0.25, 0.3) is 0 Å². The average Bonchev–Trinajstić information content (AvgIpc) is 2.78. The number of carbonyl (C=O) groups excluding carboxylic acids is 2. The molecule has 0 atom stereocenters. The largest absolute Gasteiger partial charge is 0.466 e. The van der Waals surface area contributed by atoms with E-state index in [2.05, 4.69) is 35.8 Å². The maximum absolute atomic E-state index is 12.7. The lowest BCUT2D eigenvalue weighted by molar-refractivity contribution is -0.139. The van der Waals surface area contributed by atoms with E-state index in [1.54, 1.807) is 19.0 Å². The molecule has 0 radical (unpaired) electrons. The van der Waals surface area contributed by atoms with Gasteiger partial charge in [0.05, 0.1) is 19.8 Å². The van der Waals surface area contributed by atoms with Gasteiger partial charge in [-0.1, -0.05) is 35.8 Å². The maximum atomic E-state index is 12.7. The molecule has 0 heterocycles. The van der Waals surface area contributed by atoms with Gasteiger partial charge < -0.3 is 9.47 Å². The van der Waals surface area contributed by atoms with Crippen LogP contribution in [0.2, 0.25) is 0 Å². The Balaban J connectivity index is 2.67. The summed E-state index contributed by atoms with van der Waals surface area (Å²) in [5.41, 5.74) is 0.814. The molecule has 5 heteroatoms. The Labute approximate surface area is 180 Å². The molecular formula is C25H31NO4. The number of carbonyl (C=O) groups is 2. The predicted molar refractivity (Wildman–Crippen MR) is 117 cm³/mol. The number of ether oxygens (including phenoxy) is 2. The zero-order valence-corrected chi connectivity index (χ0v) is 18.5. The molecule has 0 spiro atoms. The molecule has 2 aliphatic rings. The van der Waals surface area contributed by atoms with Crippen LogP contribution in [-0.4, -0.2) is 50.7 Å². The van der Waals surface area contributed by atoms with Gasteiger partial charge in [-0.05, 0) is 76.6 Å². The first-order valence-corrected chi connectivity index (χ1v) is 10.4. The fourth-order valence-corrected chi connectivity index (χ4v) is 3.47. The van der Waals surface area contributed by atoms with Crippen molar-refractivity contribution < 1.29 is 19.1 Å². The van der Waals surface area contributed by atoms with Crippen molar-refractivity contribution in [1.82, 2.24) is 4.90 Å². The Bertz CT molecular complexity index is 824. The van der Waals surface area contributed by atoms with E-state index in [9.17, 15) is 9.59 Å². The predicted octanol–water partition coefficient (Wildman–Crippen LogP) is 3.57. The fraction of sp³-hybridized carbons (Fsp3) is 0.520. The summed E-state index contributed by atoms with van der Waals surface area (Å²) in [6.07, 6.45) is 13.7. The van der Waals surface area contributed by atoms with Gasteiger partial charge in [0.1, 0.15) is 0 Å². The summed E-state index contributed by atoms with van der Waals surface area (Å²) in [7, 11) is 6.13. The van der Waals surface area contributed by atoms with Crippen LogP contribution in [0.1, 0.15) is 51.4 Å². The summed E-state index contributed by atoms with van der Waals surface area (Å²) in [6.45, 7) is 0. The highest BCUT2D eigenvalue weighted by atomic mass is 16.5. The zero-order valence-electron chi connectivity index (χ0n) is 18.5. The molecule has 0 unspecified atom stereocenters. The Morgan fingerprint density at radius 3 is 1.83 bits per heavy atom. The van der Waals surface area contributed by atoms with Gasteiger partial charge in [0.15, 0.2) is 5.54 Å². The third kappa shape index (κ3) is 6.12. The van der Waals surface area contributed by atoms with E-state index in [1.807, 2.05) is 0 Å². The van der Waals surface area contributed by atoms with Gasteiger partial charge >= 0.3 is 11.9 Å². The summed E-state index contributed by atoms with van der Waals surface area (Å²) in [5.74, 6) is 11.6. The van der Waals surface area contributed by atoms with Gasteiger partial charge in [-0.25, -0.2) is 9.59 Å². The van der Waals surface area contributed by atoms with Gasteiger partial charge in [0.2, 0.25) is 0 Å². The van der Waals surface area contributed by atoms with E-state index in [0.29, 0.717) is 0 Å². The van der Waals surface area contributed by atoms with E-state index in [4.69, 9.17) is 9.47 Å². The van der Waals surface area contributed by atoms with Crippen molar-refractivity contribution in [2.45, 2.75) is 56.9 Å². The number of rotatable bonds is 4. The fourth-order valence-electron chi connectivity index (χ4n) is 3.47. The Hall–Kier alpha value is -2.76. The molecule has 5 nitrogen and oxygen atoms in total. The first-order chi connectivity index (χ1) is 14.4. The summed E-state index contributed by atoms with van der Waals surface area (Å²) in [4.78, 5) is 26.6. The van der Waals surface area contributed by atoms with Crippen LogP contribution in [0.3, 0.4) is 0 Å². The zero-order chi connectivity index (χ0) is 22.0. The summed E-state index contributed by atoms with van der Waals surface area (Å²) >= 11 is 0. The monoisotopic (exact) mass is 409 g/mol. The van der Waals surface area contributed by atoms with Crippen LogP contribution >= 0.6 is 0 Å². The molecule has 0 saturated heterocycles. The van der Waals surface area contributed by atoms with Crippen molar-refractivity contribution >= 4 is 11.9 Å². The highest BCUT2D eigenvalue weighted by molar-refractivity contribution is 6.00. The highest BCUT2D eigenvalue weighted by Gasteiger charge is 2.39. The second kappa shape index (κ2) is 11.4. The van der Waals surface area contributed by atoms with Gasteiger partial charge in [-0.3, -0.25) is 4.90 Å². The molecule has 160 valence electrons. The molecule has 0 aromatic carbocycles. The number of likely N-dealkylation sites (N-methyl/N-ethyl adjacent to an activating group) is 1. The Morgan fingerprint density at radius 2 is 1.47 bits per heavy atom. The first kappa shape index (κ1) is 23.5. The number of esters is 2. The van der Waals surface area contributed by atoms with E-state index in [1.165, 1.54) is 14.2 Å². The van der Waals surface area contributed by atoms with E-state index < -0.39 is 17.5 Å².